The molecule has 0 aromatic heterocycles. The number of ether oxygens (including phenoxy) is 1. The van der Waals surface area contributed by atoms with E-state index in [9.17, 15) is 9.59 Å². The monoisotopic (exact) mass is 187 g/mol. The third kappa shape index (κ3) is 3.05. The SMILES string of the molecule is CCOC(=O)C1CCCCC(=O)N1.[HH]. The van der Waals surface area contributed by atoms with Gasteiger partial charge in [-0.15, -0.1) is 0 Å². The normalized spacial score (nSPS) is 23.2. The average Bonchev–Trinajstić information content (AvgIpc) is 2.30. The Hall–Kier alpha value is -1.06. The van der Waals surface area contributed by atoms with Crippen LogP contribution >= 0.6 is 0 Å². The highest BCUT2D eigenvalue weighted by Gasteiger charge is 2.23. The van der Waals surface area contributed by atoms with Crippen molar-refractivity contribution < 1.29 is 15.8 Å². The van der Waals surface area contributed by atoms with Crippen LogP contribution in [0.3, 0.4) is 0 Å². The van der Waals surface area contributed by atoms with Crippen LogP contribution in [-0.4, -0.2) is 24.5 Å². The van der Waals surface area contributed by atoms with Crippen LogP contribution in [0.4, 0.5) is 0 Å². The first-order valence-corrected chi connectivity index (χ1v) is 4.70. The Morgan fingerprint density at radius 2 is 2.46 bits per heavy atom. The molecule has 1 saturated heterocycles. The highest BCUT2D eigenvalue weighted by Crippen LogP contribution is 2.10. The maximum Gasteiger partial charge on any atom is 0.328 e. The topological polar surface area (TPSA) is 55.4 Å². The fraction of sp³-hybridized carbons (Fsp3) is 0.778. The molecule has 0 aromatic carbocycles. The smallest absolute Gasteiger partial charge is 0.328 e. The minimum absolute atomic E-state index is 0. The molecular weight excluding hydrogens is 170 g/mol. The van der Waals surface area contributed by atoms with E-state index in [0.717, 1.165) is 12.8 Å². The summed E-state index contributed by atoms with van der Waals surface area (Å²) in [6.45, 7) is 2.13. The molecule has 0 saturated carbocycles. The van der Waals surface area contributed by atoms with Crippen LogP contribution < -0.4 is 5.32 Å². The van der Waals surface area contributed by atoms with Crippen molar-refractivity contribution in [3.05, 3.63) is 0 Å². The van der Waals surface area contributed by atoms with Gasteiger partial charge in [-0.3, -0.25) is 4.79 Å². The van der Waals surface area contributed by atoms with Gasteiger partial charge >= 0.3 is 5.97 Å². The number of nitrogens with one attached hydrogen (secondary N) is 1. The molecule has 76 valence electrons. The predicted molar refractivity (Wildman–Crippen MR) is 49.1 cm³/mol. The van der Waals surface area contributed by atoms with Gasteiger partial charge in [-0.25, -0.2) is 4.79 Å². The lowest BCUT2D eigenvalue weighted by Gasteiger charge is -2.13. The lowest BCUT2D eigenvalue weighted by Crippen LogP contribution is -2.40. The van der Waals surface area contributed by atoms with E-state index in [1.807, 2.05) is 0 Å². The summed E-state index contributed by atoms with van der Waals surface area (Å²) < 4.78 is 4.83. The number of carbonyl (C=O) groups is 2. The third-order valence-corrected chi connectivity index (χ3v) is 2.05. The Morgan fingerprint density at radius 3 is 3.15 bits per heavy atom. The summed E-state index contributed by atoms with van der Waals surface area (Å²) in [6, 6.07) is -0.421. The van der Waals surface area contributed by atoms with Gasteiger partial charge < -0.3 is 10.1 Å². The Balaban J connectivity index is 0.00000169. The molecule has 0 aliphatic carbocycles. The van der Waals surface area contributed by atoms with Gasteiger partial charge in [0.25, 0.3) is 0 Å². The number of esters is 1. The van der Waals surface area contributed by atoms with Crippen LogP contribution in [0, 0.1) is 0 Å². The molecule has 4 nitrogen and oxygen atoms in total. The summed E-state index contributed by atoms with van der Waals surface area (Å²) in [4.78, 5) is 22.3. The minimum atomic E-state index is -0.421. The summed E-state index contributed by atoms with van der Waals surface area (Å²) in [7, 11) is 0. The maximum atomic E-state index is 11.3. The molecule has 4 heteroatoms. The molecule has 0 aromatic rings. The summed E-state index contributed by atoms with van der Waals surface area (Å²) in [5.74, 6) is -0.353. The summed E-state index contributed by atoms with van der Waals surface area (Å²) in [6.07, 6.45) is 2.99. The second-order valence-corrected chi connectivity index (χ2v) is 3.12. The predicted octanol–water partition coefficient (Wildman–Crippen LogP) is 0.854. The molecule has 0 bridgehead atoms. The van der Waals surface area contributed by atoms with E-state index in [0.29, 0.717) is 19.4 Å². The van der Waals surface area contributed by atoms with Gasteiger partial charge in [-0.1, -0.05) is 6.42 Å². The Labute approximate surface area is 79.1 Å². The minimum Gasteiger partial charge on any atom is -0.464 e. The molecule has 1 atom stereocenters. The average molecular weight is 187 g/mol. The van der Waals surface area contributed by atoms with E-state index in [-0.39, 0.29) is 13.3 Å². The molecule has 0 spiro atoms. The highest BCUT2D eigenvalue weighted by molar-refractivity contribution is 5.84. The fourth-order valence-corrected chi connectivity index (χ4v) is 1.39. The van der Waals surface area contributed by atoms with Gasteiger partial charge in [0, 0.05) is 7.85 Å². The zero-order valence-corrected chi connectivity index (χ0v) is 7.84. The van der Waals surface area contributed by atoms with Gasteiger partial charge in [0.1, 0.15) is 6.04 Å². The van der Waals surface area contributed by atoms with Crippen LogP contribution in [0.15, 0.2) is 0 Å². The Bertz CT molecular complexity index is 208. The molecule has 13 heavy (non-hydrogen) atoms. The van der Waals surface area contributed by atoms with Crippen molar-refractivity contribution in [1.29, 1.82) is 0 Å². The number of hydrogen-bond donors (Lipinski definition) is 1. The first-order valence-electron chi connectivity index (χ1n) is 4.70. The van der Waals surface area contributed by atoms with Gasteiger partial charge in [0.05, 0.1) is 6.61 Å². The highest BCUT2D eigenvalue weighted by atomic mass is 16.5. The van der Waals surface area contributed by atoms with Crippen molar-refractivity contribution in [2.24, 2.45) is 0 Å². The van der Waals surface area contributed by atoms with E-state index in [2.05, 4.69) is 5.32 Å². The Morgan fingerprint density at radius 1 is 1.69 bits per heavy atom. The molecular formula is C9H17NO3. The number of carbonyl (C=O) groups excluding carboxylic acids is 2. The second-order valence-electron chi connectivity index (χ2n) is 3.12. The molecule has 1 heterocycles. The van der Waals surface area contributed by atoms with E-state index >= 15 is 0 Å². The van der Waals surface area contributed by atoms with Gasteiger partial charge in [0.15, 0.2) is 0 Å². The largest absolute Gasteiger partial charge is 0.464 e. The van der Waals surface area contributed by atoms with E-state index in [1.54, 1.807) is 6.92 Å². The van der Waals surface area contributed by atoms with Crippen LogP contribution in [0.2, 0.25) is 0 Å². The second kappa shape index (κ2) is 4.84. The standard InChI is InChI=1S/C9H15NO3.H2/c1-2-13-9(12)7-5-3-4-6-8(11)10-7;/h7H,2-6H2,1H3,(H,10,11);1H. The van der Waals surface area contributed by atoms with Gasteiger partial charge in [0.2, 0.25) is 5.91 Å². The van der Waals surface area contributed by atoms with Crippen molar-refractivity contribution in [1.82, 2.24) is 5.32 Å². The Kier molecular flexibility index (Phi) is 3.73. The van der Waals surface area contributed by atoms with E-state index in [1.165, 1.54) is 0 Å². The van der Waals surface area contributed by atoms with E-state index in [4.69, 9.17) is 4.74 Å². The fourth-order valence-electron chi connectivity index (χ4n) is 1.39. The first-order chi connectivity index (χ1) is 6.24. The number of hydrogen-bond acceptors (Lipinski definition) is 3. The van der Waals surface area contributed by atoms with E-state index < -0.39 is 6.04 Å². The van der Waals surface area contributed by atoms with Crippen molar-refractivity contribution in [3.63, 3.8) is 0 Å². The maximum absolute atomic E-state index is 11.3. The van der Waals surface area contributed by atoms with Crippen LogP contribution in [0.25, 0.3) is 0 Å². The van der Waals surface area contributed by atoms with Crippen LogP contribution in [-0.2, 0) is 14.3 Å². The zero-order valence-electron chi connectivity index (χ0n) is 7.84. The van der Waals surface area contributed by atoms with Crippen molar-refractivity contribution in [3.8, 4) is 0 Å². The van der Waals surface area contributed by atoms with Gasteiger partial charge in [-0.2, -0.15) is 0 Å². The molecule has 1 aliphatic heterocycles. The molecule has 1 unspecified atom stereocenters. The molecule has 1 fully saturated rings. The summed E-state index contributed by atoms with van der Waals surface area (Å²) >= 11 is 0. The molecule has 1 amide bonds. The first kappa shape index (κ1) is 10.0. The third-order valence-electron chi connectivity index (χ3n) is 2.05. The number of amides is 1. The van der Waals surface area contributed by atoms with Crippen LogP contribution in [0.1, 0.15) is 34.0 Å². The van der Waals surface area contributed by atoms with Gasteiger partial charge in [-0.05, 0) is 19.8 Å². The molecule has 1 N–H and O–H groups in total. The lowest BCUT2D eigenvalue weighted by molar-refractivity contribution is -0.147. The van der Waals surface area contributed by atoms with Crippen molar-refractivity contribution >= 4 is 11.9 Å². The molecule has 0 radical (unpaired) electrons. The van der Waals surface area contributed by atoms with Crippen molar-refractivity contribution in [2.75, 3.05) is 6.61 Å². The summed E-state index contributed by atoms with van der Waals surface area (Å²) in [5, 5.41) is 2.65. The number of rotatable bonds is 2. The zero-order chi connectivity index (χ0) is 9.68. The lowest BCUT2D eigenvalue weighted by atomic mass is 10.1. The summed E-state index contributed by atoms with van der Waals surface area (Å²) in [5.41, 5.74) is 0. The molecule has 1 aliphatic rings. The quantitative estimate of drug-likeness (QED) is 0.652. The van der Waals surface area contributed by atoms with Crippen molar-refractivity contribution in [2.45, 2.75) is 38.6 Å². The van der Waals surface area contributed by atoms with Crippen LogP contribution in [0.5, 0.6) is 0 Å². The molecule has 1 rings (SSSR count).